The van der Waals surface area contributed by atoms with Gasteiger partial charge in [-0.1, -0.05) is 18.2 Å². The molecule has 3 aromatic rings. The quantitative estimate of drug-likeness (QED) is 0.693. The Morgan fingerprint density at radius 2 is 2.00 bits per heavy atom. The summed E-state index contributed by atoms with van der Waals surface area (Å²) in [6, 6.07) is 5.48. The van der Waals surface area contributed by atoms with Gasteiger partial charge in [0, 0.05) is 18.1 Å². The molecule has 0 amide bonds. The summed E-state index contributed by atoms with van der Waals surface area (Å²) in [6.45, 7) is 2.09. The molecule has 0 aliphatic heterocycles. The number of nitrogens with zero attached hydrogens (tertiary/aromatic N) is 3. The zero-order valence-electron chi connectivity index (χ0n) is 13.3. The Kier molecular flexibility index (Phi) is 3.13. The molecule has 0 saturated heterocycles. The summed E-state index contributed by atoms with van der Waals surface area (Å²) < 4.78 is 8.16. The molecule has 0 spiro atoms. The first-order chi connectivity index (χ1) is 11.7. The smallest absolute Gasteiger partial charge is 0.336 e. The summed E-state index contributed by atoms with van der Waals surface area (Å²) in [5.41, 5.74) is 1.27. The van der Waals surface area contributed by atoms with Crippen LogP contribution in [0.25, 0.3) is 27.5 Å². The van der Waals surface area contributed by atoms with Crippen molar-refractivity contribution in [2.24, 2.45) is 0 Å². The van der Waals surface area contributed by atoms with Crippen LogP contribution in [0.3, 0.4) is 0 Å². The van der Waals surface area contributed by atoms with Gasteiger partial charge < -0.3 is 4.74 Å². The maximum absolute atomic E-state index is 12.9. The minimum atomic E-state index is -0.346. The van der Waals surface area contributed by atoms with Crippen molar-refractivity contribution in [2.75, 3.05) is 7.11 Å². The second-order valence-electron chi connectivity index (χ2n) is 5.49. The molecule has 2 heterocycles. The standard InChI is InChI=1S/C18H15N3O3/c1-3-20-17(22)13-10-19-15-12(8-5-9-14(15)24-2)16(13)21(18(20)23)11-6-4-7-11/h4-10H,3H2,1-2H3. The van der Waals surface area contributed by atoms with Crippen LogP contribution in [0, 0.1) is 0 Å². The highest BCUT2D eigenvalue weighted by Gasteiger charge is 2.19. The van der Waals surface area contributed by atoms with Crippen molar-refractivity contribution in [3.63, 3.8) is 0 Å². The Balaban J connectivity index is 2.31. The van der Waals surface area contributed by atoms with Crippen LogP contribution < -0.4 is 16.0 Å². The average molecular weight is 321 g/mol. The monoisotopic (exact) mass is 321 g/mol. The van der Waals surface area contributed by atoms with E-state index in [0.29, 0.717) is 34.1 Å². The fraction of sp³-hybridized carbons (Fsp3) is 0.167. The van der Waals surface area contributed by atoms with Gasteiger partial charge in [0.15, 0.2) is 0 Å². The number of pyridine rings is 1. The lowest BCUT2D eigenvalue weighted by Gasteiger charge is -2.18. The van der Waals surface area contributed by atoms with Crippen LogP contribution in [-0.2, 0) is 6.54 Å². The van der Waals surface area contributed by atoms with E-state index in [4.69, 9.17) is 4.74 Å². The van der Waals surface area contributed by atoms with Crippen LogP contribution in [0.1, 0.15) is 6.92 Å². The maximum atomic E-state index is 12.9. The van der Waals surface area contributed by atoms with Crippen LogP contribution in [-0.4, -0.2) is 21.2 Å². The van der Waals surface area contributed by atoms with E-state index in [2.05, 4.69) is 4.98 Å². The Bertz CT molecular complexity index is 1170. The average Bonchev–Trinajstić information content (AvgIpc) is 2.56. The highest BCUT2D eigenvalue weighted by Crippen LogP contribution is 2.29. The molecule has 0 atom stereocenters. The number of ether oxygens (including phenoxy) is 1. The van der Waals surface area contributed by atoms with Gasteiger partial charge in [0.1, 0.15) is 11.3 Å². The molecular formula is C18H15N3O3. The number of methoxy groups -OCH3 is 1. The van der Waals surface area contributed by atoms with Crippen molar-refractivity contribution in [1.29, 1.82) is 0 Å². The Labute approximate surface area is 136 Å². The van der Waals surface area contributed by atoms with Crippen molar-refractivity contribution in [1.82, 2.24) is 14.1 Å². The largest absolute Gasteiger partial charge is 0.494 e. The molecule has 0 unspecified atom stereocenters. The van der Waals surface area contributed by atoms with Crippen LogP contribution in [0.4, 0.5) is 0 Å². The first-order valence-corrected chi connectivity index (χ1v) is 7.67. The number of allylic oxidation sites excluding steroid dienone is 4. The predicted octanol–water partition coefficient (Wildman–Crippen LogP) is 2.15. The van der Waals surface area contributed by atoms with E-state index < -0.39 is 0 Å². The van der Waals surface area contributed by atoms with Crippen LogP contribution in [0.2, 0.25) is 0 Å². The summed E-state index contributed by atoms with van der Waals surface area (Å²) in [5, 5.41) is 1.13. The minimum absolute atomic E-state index is 0.306. The summed E-state index contributed by atoms with van der Waals surface area (Å²) in [5.74, 6) is 0.603. The summed E-state index contributed by atoms with van der Waals surface area (Å²) in [7, 11) is 1.57. The molecule has 0 saturated carbocycles. The normalized spacial score (nSPS) is 13.2. The first-order valence-electron chi connectivity index (χ1n) is 7.67. The molecule has 0 N–H and O–H groups in total. The van der Waals surface area contributed by atoms with Crippen molar-refractivity contribution < 1.29 is 4.74 Å². The van der Waals surface area contributed by atoms with Gasteiger partial charge in [0.25, 0.3) is 5.56 Å². The molecule has 120 valence electrons. The highest BCUT2D eigenvalue weighted by molar-refractivity contribution is 6.06. The zero-order valence-corrected chi connectivity index (χ0v) is 13.3. The number of fused-ring (bicyclic) bond motifs is 3. The highest BCUT2D eigenvalue weighted by atomic mass is 16.5. The molecule has 24 heavy (non-hydrogen) atoms. The molecule has 0 bridgehead atoms. The van der Waals surface area contributed by atoms with Gasteiger partial charge >= 0.3 is 5.69 Å². The van der Waals surface area contributed by atoms with E-state index in [1.807, 2.05) is 30.4 Å². The Hall–Kier alpha value is -3.15. The van der Waals surface area contributed by atoms with Gasteiger partial charge in [-0.15, -0.1) is 0 Å². The Morgan fingerprint density at radius 3 is 2.62 bits per heavy atom. The van der Waals surface area contributed by atoms with Gasteiger partial charge in [0.05, 0.1) is 23.7 Å². The Morgan fingerprint density at radius 1 is 1.21 bits per heavy atom. The molecular weight excluding hydrogens is 306 g/mol. The molecule has 2 aromatic heterocycles. The van der Waals surface area contributed by atoms with Gasteiger partial charge in [0.2, 0.25) is 0 Å². The van der Waals surface area contributed by atoms with E-state index in [1.165, 1.54) is 10.8 Å². The van der Waals surface area contributed by atoms with E-state index >= 15 is 0 Å². The predicted molar refractivity (Wildman–Crippen MR) is 93.4 cm³/mol. The molecule has 1 aliphatic rings. The second kappa shape index (κ2) is 5.19. The SMILES string of the molecule is CCn1c(=O)c2cnc3c(OC)cccc3c2n(C2=CC=C2)c1=O. The van der Waals surface area contributed by atoms with Crippen molar-refractivity contribution in [3.05, 3.63) is 63.5 Å². The van der Waals surface area contributed by atoms with Crippen LogP contribution >= 0.6 is 0 Å². The van der Waals surface area contributed by atoms with Gasteiger partial charge in [-0.3, -0.25) is 18.9 Å². The lowest BCUT2D eigenvalue weighted by Crippen LogP contribution is -2.39. The van der Waals surface area contributed by atoms with E-state index in [1.54, 1.807) is 24.7 Å². The molecule has 1 aromatic carbocycles. The first kappa shape index (κ1) is 14.4. The number of benzene rings is 1. The molecule has 6 heteroatoms. The third kappa shape index (κ3) is 1.79. The van der Waals surface area contributed by atoms with Crippen molar-refractivity contribution >= 4 is 27.5 Å². The van der Waals surface area contributed by atoms with Gasteiger partial charge in [-0.25, -0.2) is 4.79 Å². The number of hydrogen-bond donors (Lipinski definition) is 0. The zero-order chi connectivity index (χ0) is 16.8. The third-order valence-corrected chi connectivity index (χ3v) is 4.28. The van der Waals surface area contributed by atoms with Crippen LogP contribution in [0.15, 0.2) is 52.2 Å². The van der Waals surface area contributed by atoms with Crippen LogP contribution in [0.5, 0.6) is 5.75 Å². The summed E-state index contributed by atoms with van der Waals surface area (Å²) in [6.07, 6.45) is 7.07. The third-order valence-electron chi connectivity index (χ3n) is 4.28. The number of rotatable bonds is 3. The van der Waals surface area contributed by atoms with Gasteiger partial charge in [-0.05, 0) is 25.1 Å². The number of aromatic nitrogens is 3. The van der Waals surface area contributed by atoms with Crippen molar-refractivity contribution in [2.45, 2.75) is 13.5 Å². The minimum Gasteiger partial charge on any atom is -0.494 e. The van der Waals surface area contributed by atoms with Crippen molar-refractivity contribution in [3.8, 4) is 5.75 Å². The van der Waals surface area contributed by atoms with E-state index in [-0.39, 0.29) is 11.2 Å². The molecule has 1 aliphatic carbocycles. The lowest BCUT2D eigenvalue weighted by molar-refractivity contribution is 0.419. The molecule has 0 fully saturated rings. The molecule has 4 rings (SSSR count). The topological polar surface area (TPSA) is 66.1 Å². The fourth-order valence-electron chi connectivity index (χ4n) is 3.04. The fourth-order valence-corrected chi connectivity index (χ4v) is 3.04. The molecule has 0 radical (unpaired) electrons. The molecule has 6 nitrogen and oxygen atoms in total. The second-order valence-corrected chi connectivity index (χ2v) is 5.49. The number of hydrogen-bond acceptors (Lipinski definition) is 4. The van der Waals surface area contributed by atoms with E-state index in [9.17, 15) is 9.59 Å². The van der Waals surface area contributed by atoms with E-state index in [0.717, 1.165) is 5.70 Å². The lowest BCUT2D eigenvalue weighted by atomic mass is 10.1. The van der Waals surface area contributed by atoms with Gasteiger partial charge in [-0.2, -0.15) is 0 Å². The summed E-state index contributed by atoms with van der Waals surface area (Å²) in [4.78, 5) is 30.0. The number of para-hydroxylation sites is 1. The summed E-state index contributed by atoms with van der Waals surface area (Å²) >= 11 is 0. The maximum Gasteiger partial charge on any atom is 0.336 e.